The van der Waals surface area contributed by atoms with Gasteiger partial charge in [-0.25, -0.2) is 17.6 Å². The van der Waals surface area contributed by atoms with E-state index in [4.69, 9.17) is 4.74 Å². The third kappa shape index (κ3) is 6.39. The van der Waals surface area contributed by atoms with Gasteiger partial charge in [0.05, 0.1) is 23.6 Å². The largest absolute Gasteiger partial charge is 0.462 e. The molecule has 0 bridgehead atoms. The molecule has 2 N–H and O–H groups in total. The summed E-state index contributed by atoms with van der Waals surface area (Å²) >= 11 is 0. The van der Waals surface area contributed by atoms with E-state index in [2.05, 4.69) is 10.6 Å². The number of amides is 2. The molecular weight excluding hydrogens is 465 g/mol. The summed E-state index contributed by atoms with van der Waals surface area (Å²) in [6.07, 6.45) is 0.622. The third-order valence-corrected chi connectivity index (χ3v) is 7.29. The molecule has 1 aliphatic heterocycles. The highest BCUT2D eigenvalue weighted by molar-refractivity contribution is 7.89. The van der Waals surface area contributed by atoms with Crippen molar-refractivity contribution in [1.82, 2.24) is 9.62 Å². The van der Waals surface area contributed by atoms with Gasteiger partial charge in [0, 0.05) is 24.7 Å². The number of piperidine rings is 1. The smallest absolute Gasteiger partial charge is 0.338 e. The number of nitrogens with one attached hydrogen (secondary N) is 2. The number of ether oxygens (including phenoxy) is 1. The second-order valence-electron chi connectivity index (χ2n) is 7.70. The van der Waals surface area contributed by atoms with Crippen LogP contribution < -0.4 is 10.6 Å². The van der Waals surface area contributed by atoms with Gasteiger partial charge in [0.15, 0.2) is 0 Å². The van der Waals surface area contributed by atoms with E-state index in [9.17, 15) is 27.2 Å². The van der Waals surface area contributed by atoms with Crippen LogP contribution >= 0.6 is 0 Å². The van der Waals surface area contributed by atoms with Gasteiger partial charge in [-0.2, -0.15) is 4.31 Å². The van der Waals surface area contributed by atoms with Gasteiger partial charge in [-0.1, -0.05) is 0 Å². The maximum absolute atomic E-state index is 12.9. The highest BCUT2D eigenvalue weighted by atomic mass is 32.2. The normalized spacial score (nSPS) is 14.9. The quantitative estimate of drug-likeness (QED) is 0.546. The highest BCUT2D eigenvalue weighted by Crippen LogP contribution is 2.24. The van der Waals surface area contributed by atoms with Crippen LogP contribution in [0.1, 0.15) is 30.1 Å². The maximum atomic E-state index is 12.9. The standard InChI is InChI=1S/C23H26FN3O6S/c1-2-33-23(30)17-3-9-20(10-4-17)34(31,32)27-13-11-16(12-14-27)22(29)25-15-21(28)26-19-7-5-18(24)6-8-19/h3-10,16H,2,11-15H2,1H3,(H,25,29)(H,26,28). The number of hydrogen-bond acceptors (Lipinski definition) is 6. The first kappa shape index (κ1) is 25.3. The van der Waals surface area contributed by atoms with Crippen molar-refractivity contribution in [2.45, 2.75) is 24.7 Å². The highest BCUT2D eigenvalue weighted by Gasteiger charge is 2.32. The lowest BCUT2D eigenvalue weighted by Gasteiger charge is -2.30. The molecule has 9 nitrogen and oxygen atoms in total. The van der Waals surface area contributed by atoms with Gasteiger partial charge in [0.1, 0.15) is 5.82 Å². The van der Waals surface area contributed by atoms with Gasteiger partial charge >= 0.3 is 5.97 Å². The number of anilines is 1. The zero-order chi connectivity index (χ0) is 24.7. The molecule has 182 valence electrons. The Balaban J connectivity index is 1.48. The van der Waals surface area contributed by atoms with E-state index < -0.39 is 33.6 Å². The lowest BCUT2D eigenvalue weighted by molar-refractivity contribution is -0.128. The molecule has 1 fully saturated rings. The van der Waals surface area contributed by atoms with E-state index in [1.807, 2.05) is 0 Å². The summed E-state index contributed by atoms with van der Waals surface area (Å²) in [6.45, 7) is 1.97. The van der Waals surface area contributed by atoms with Crippen LogP contribution in [0.4, 0.5) is 10.1 Å². The Morgan fingerprint density at radius 3 is 2.24 bits per heavy atom. The number of benzene rings is 2. The molecule has 0 saturated carbocycles. The number of halogens is 1. The van der Waals surface area contributed by atoms with E-state index in [0.717, 1.165) is 0 Å². The minimum Gasteiger partial charge on any atom is -0.462 e. The number of esters is 1. The monoisotopic (exact) mass is 491 g/mol. The van der Waals surface area contributed by atoms with Crippen molar-refractivity contribution in [3.05, 3.63) is 59.9 Å². The topological polar surface area (TPSA) is 122 Å². The molecule has 0 aromatic heterocycles. The lowest BCUT2D eigenvalue weighted by Crippen LogP contribution is -2.44. The Labute approximate surface area is 197 Å². The third-order valence-electron chi connectivity index (χ3n) is 5.38. The maximum Gasteiger partial charge on any atom is 0.338 e. The van der Waals surface area contributed by atoms with Crippen molar-refractivity contribution < 1.29 is 31.9 Å². The number of carbonyl (C=O) groups excluding carboxylic acids is 3. The molecule has 3 rings (SSSR count). The van der Waals surface area contributed by atoms with Crippen molar-refractivity contribution in [2.75, 3.05) is 31.6 Å². The van der Waals surface area contributed by atoms with Gasteiger partial charge < -0.3 is 15.4 Å². The van der Waals surface area contributed by atoms with Crippen LogP contribution in [0.5, 0.6) is 0 Å². The zero-order valence-corrected chi connectivity index (χ0v) is 19.4. The summed E-state index contributed by atoms with van der Waals surface area (Å²) < 4.78 is 45.0. The SMILES string of the molecule is CCOC(=O)c1ccc(S(=O)(=O)N2CCC(C(=O)NCC(=O)Nc3ccc(F)cc3)CC2)cc1. The van der Waals surface area contributed by atoms with Crippen molar-refractivity contribution in [2.24, 2.45) is 5.92 Å². The number of rotatable bonds is 8. The second-order valence-corrected chi connectivity index (χ2v) is 9.63. The van der Waals surface area contributed by atoms with Crippen molar-refractivity contribution in [3.63, 3.8) is 0 Å². The molecule has 0 unspecified atom stereocenters. The fraction of sp³-hybridized carbons (Fsp3) is 0.348. The fourth-order valence-electron chi connectivity index (χ4n) is 3.53. The number of sulfonamides is 1. The van der Waals surface area contributed by atoms with E-state index in [-0.39, 0.29) is 42.6 Å². The molecule has 1 aliphatic rings. The Hall–Kier alpha value is -3.31. The summed E-state index contributed by atoms with van der Waals surface area (Å²) in [5.74, 6) is -2.15. The molecule has 0 radical (unpaired) electrons. The molecule has 2 aromatic carbocycles. The first-order valence-electron chi connectivity index (χ1n) is 10.8. The summed E-state index contributed by atoms with van der Waals surface area (Å²) in [4.78, 5) is 36.2. The summed E-state index contributed by atoms with van der Waals surface area (Å²) in [5, 5.41) is 5.11. The van der Waals surface area contributed by atoms with Crippen LogP contribution in [-0.4, -0.2) is 56.7 Å². The molecule has 0 aliphatic carbocycles. The molecule has 2 aromatic rings. The number of hydrogen-bond donors (Lipinski definition) is 2. The Bertz CT molecular complexity index is 1130. The average Bonchev–Trinajstić information content (AvgIpc) is 2.84. The van der Waals surface area contributed by atoms with Crippen LogP contribution in [0.25, 0.3) is 0 Å². The summed E-state index contributed by atoms with van der Waals surface area (Å²) in [5.41, 5.74) is 0.675. The summed E-state index contributed by atoms with van der Waals surface area (Å²) in [7, 11) is -3.77. The number of carbonyl (C=O) groups is 3. The first-order valence-corrected chi connectivity index (χ1v) is 12.2. The molecule has 11 heteroatoms. The Kier molecular flexibility index (Phi) is 8.35. The van der Waals surface area contributed by atoms with Gasteiger partial charge in [-0.05, 0) is 68.3 Å². The minimum absolute atomic E-state index is 0.0564. The van der Waals surface area contributed by atoms with Crippen LogP contribution in [0.3, 0.4) is 0 Å². The molecule has 0 atom stereocenters. The number of nitrogens with zero attached hydrogens (tertiary/aromatic N) is 1. The molecule has 34 heavy (non-hydrogen) atoms. The van der Waals surface area contributed by atoms with Crippen molar-refractivity contribution in [1.29, 1.82) is 0 Å². The van der Waals surface area contributed by atoms with E-state index in [1.54, 1.807) is 6.92 Å². The molecule has 1 heterocycles. The predicted molar refractivity (Wildman–Crippen MR) is 122 cm³/mol. The molecular formula is C23H26FN3O6S. The summed E-state index contributed by atoms with van der Waals surface area (Å²) in [6, 6.07) is 10.8. The Morgan fingerprint density at radius 1 is 1.03 bits per heavy atom. The molecule has 0 spiro atoms. The van der Waals surface area contributed by atoms with Crippen LogP contribution in [0, 0.1) is 11.7 Å². The van der Waals surface area contributed by atoms with Gasteiger partial charge in [0.2, 0.25) is 21.8 Å². The van der Waals surface area contributed by atoms with Crippen molar-refractivity contribution >= 4 is 33.5 Å². The van der Waals surface area contributed by atoms with Gasteiger partial charge in [-0.3, -0.25) is 9.59 Å². The Morgan fingerprint density at radius 2 is 1.65 bits per heavy atom. The lowest BCUT2D eigenvalue weighted by atomic mass is 9.97. The average molecular weight is 492 g/mol. The minimum atomic E-state index is -3.77. The second kappa shape index (κ2) is 11.2. The predicted octanol–water partition coefficient (Wildman–Crippen LogP) is 2.16. The van der Waals surface area contributed by atoms with Crippen LogP contribution in [-0.2, 0) is 24.3 Å². The first-order chi connectivity index (χ1) is 16.2. The molecule has 2 amide bonds. The fourth-order valence-corrected chi connectivity index (χ4v) is 5.00. The van der Waals surface area contributed by atoms with E-state index >= 15 is 0 Å². The molecule has 1 saturated heterocycles. The van der Waals surface area contributed by atoms with Crippen LogP contribution in [0.2, 0.25) is 0 Å². The van der Waals surface area contributed by atoms with Crippen LogP contribution in [0.15, 0.2) is 53.4 Å². The zero-order valence-electron chi connectivity index (χ0n) is 18.6. The van der Waals surface area contributed by atoms with Gasteiger partial charge in [-0.15, -0.1) is 0 Å². The van der Waals surface area contributed by atoms with E-state index in [0.29, 0.717) is 18.5 Å². The van der Waals surface area contributed by atoms with E-state index in [1.165, 1.54) is 52.8 Å². The van der Waals surface area contributed by atoms with Gasteiger partial charge in [0.25, 0.3) is 0 Å². The van der Waals surface area contributed by atoms with Crippen molar-refractivity contribution in [3.8, 4) is 0 Å².